The second kappa shape index (κ2) is 15.5. The Labute approximate surface area is 258 Å². The van der Waals surface area contributed by atoms with Crippen LogP contribution in [0.5, 0.6) is 0 Å². The van der Waals surface area contributed by atoms with Crippen molar-refractivity contribution < 1.29 is 109 Å². The summed E-state index contributed by atoms with van der Waals surface area (Å²) in [6.45, 7) is -2.66. The second-order valence-electron chi connectivity index (χ2n) is 11.2. The zero-order valence-corrected chi connectivity index (χ0v) is 23.7. The van der Waals surface area contributed by atoms with Gasteiger partial charge in [0.2, 0.25) is 0 Å². The van der Waals surface area contributed by atoms with Crippen molar-refractivity contribution in [3.05, 3.63) is 0 Å². The summed E-state index contributed by atoms with van der Waals surface area (Å²) in [6.07, 6.45) is -38.1. The van der Waals surface area contributed by atoms with Crippen molar-refractivity contribution in [3.63, 3.8) is 0 Å². The number of carbonyl (C=O) groups is 1. The molecule has 268 valence electrons. The first kappa shape index (κ1) is 37.5. The number of rotatable bonds is 10. The van der Waals surface area contributed by atoms with Crippen LogP contribution in [0.2, 0.25) is 0 Å². The van der Waals surface area contributed by atoms with Gasteiger partial charge in [0.15, 0.2) is 31.3 Å². The molecule has 4 aliphatic heterocycles. The third-order valence-corrected chi connectivity index (χ3v) is 8.17. The van der Waals surface area contributed by atoms with Crippen LogP contribution in [0.25, 0.3) is 0 Å². The van der Waals surface area contributed by atoms with Crippen LogP contribution in [0.3, 0.4) is 0 Å². The van der Waals surface area contributed by atoms with Crippen LogP contribution in [0.1, 0.15) is 0 Å². The molecule has 0 saturated carbocycles. The highest BCUT2D eigenvalue weighted by atomic mass is 16.8. The van der Waals surface area contributed by atoms with E-state index in [1.54, 1.807) is 0 Å². The van der Waals surface area contributed by atoms with Crippen molar-refractivity contribution >= 4 is 5.97 Å². The van der Waals surface area contributed by atoms with E-state index >= 15 is 0 Å². The summed E-state index contributed by atoms with van der Waals surface area (Å²) in [5.74, 6) is -1.80. The van der Waals surface area contributed by atoms with Crippen LogP contribution >= 0.6 is 0 Å². The van der Waals surface area contributed by atoms with Gasteiger partial charge >= 0.3 is 5.97 Å². The van der Waals surface area contributed by atoms with Crippen molar-refractivity contribution in [2.45, 2.75) is 123 Å². The number of aliphatic carboxylic acids is 1. The van der Waals surface area contributed by atoms with Gasteiger partial charge in [0.25, 0.3) is 0 Å². The first-order valence-electron chi connectivity index (χ1n) is 14.1. The predicted molar refractivity (Wildman–Crippen MR) is 134 cm³/mol. The quantitative estimate of drug-likeness (QED) is 0.102. The van der Waals surface area contributed by atoms with Crippen molar-refractivity contribution in [1.82, 2.24) is 0 Å². The summed E-state index contributed by atoms with van der Waals surface area (Å²) in [7, 11) is 0. The third-order valence-electron chi connectivity index (χ3n) is 8.17. The maximum Gasteiger partial charge on any atom is 0.335 e. The summed E-state index contributed by atoms with van der Waals surface area (Å²) in [4.78, 5) is 12.1. The zero-order valence-electron chi connectivity index (χ0n) is 23.7. The molecule has 0 aromatic carbocycles. The Morgan fingerprint density at radius 2 is 0.848 bits per heavy atom. The monoisotopic (exact) mass is 680 g/mol. The van der Waals surface area contributed by atoms with Gasteiger partial charge in [-0.05, 0) is 0 Å². The second-order valence-corrected chi connectivity index (χ2v) is 11.2. The fourth-order valence-corrected chi connectivity index (χ4v) is 5.51. The number of hydrogen-bond acceptors (Lipinski definition) is 21. The predicted octanol–water partition coefficient (Wildman–Crippen LogP) is -9.66. The Morgan fingerprint density at radius 1 is 0.457 bits per heavy atom. The summed E-state index contributed by atoms with van der Waals surface area (Å²) in [5.41, 5.74) is 0. The van der Waals surface area contributed by atoms with E-state index in [-0.39, 0.29) is 0 Å². The molecule has 0 aliphatic carbocycles. The van der Waals surface area contributed by atoms with Crippen LogP contribution in [-0.2, 0) is 38.0 Å². The highest BCUT2D eigenvalue weighted by Crippen LogP contribution is 2.34. The number of hydrogen-bond donors (Lipinski definition) is 14. The van der Waals surface area contributed by atoms with Crippen LogP contribution < -0.4 is 0 Å². The molecule has 0 aromatic heterocycles. The largest absolute Gasteiger partial charge is 0.479 e. The zero-order chi connectivity index (χ0) is 34.2. The molecule has 22 heteroatoms. The molecule has 4 saturated heterocycles. The molecule has 14 N–H and O–H groups in total. The molecule has 0 unspecified atom stereocenters. The van der Waals surface area contributed by atoms with Crippen LogP contribution in [-0.4, -0.2) is 220 Å². The fraction of sp³-hybridized carbons (Fsp3) is 0.958. The van der Waals surface area contributed by atoms with Gasteiger partial charge in [-0.15, -0.1) is 0 Å². The van der Waals surface area contributed by atoms with E-state index in [1.807, 2.05) is 0 Å². The SMILES string of the molecule is O=C(O)[C@H]1O[C@@H](O[C@H]2[C@H](O)[C@@H](O)[C@H](O[C@H]3[C@H](O)[C@@H](O)[C@@H](O)O[C@@H]3CO)O[C@@H]2CO)[C@H](O)[C@@H](O)[C@@H]1O[C@H]1O[C@H](CO)[C@H](O)[C@H](O)[C@H]1O. The molecule has 46 heavy (non-hydrogen) atoms. The lowest BCUT2D eigenvalue weighted by molar-refractivity contribution is -0.384. The molecule has 4 rings (SSSR count). The summed E-state index contributed by atoms with van der Waals surface area (Å²) < 4.78 is 37.0. The molecule has 20 atom stereocenters. The molecule has 4 aliphatic rings. The maximum absolute atomic E-state index is 12.1. The minimum Gasteiger partial charge on any atom is -0.479 e. The molecular formula is C24H40O22. The standard InChI is InChI=1S/C24H40O22/c25-1-4-7(28)8(29)13(34)22(41-4)45-18-11(32)15(36)24(46-19(18)20(37)38)44-17-6(3-27)42-23(14(35)10(17)31)43-16-5(2-26)40-21(39)12(33)9(16)30/h4-19,21-36,39H,1-3H2,(H,37,38)/t4-,5-,6-,7+,8+,9-,10-,11-,12-,13-,14-,15-,16-,17-,18+,19+,21+,22-,23+,24-/m1/s1. The van der Waals surface area contributed by atoms with Gasteiger partial charge in [0.05, 0.1) is 19.8 Å². The van der Waals surface area contributed by atoms with Gasteiger partial charge in [-0.1, -0.05) is 0 Å². The molecule has 0 bridgehead atoms. The Balaban J connectivity index is 1.46. The van der Waals surface area contributed by atoms with E-state index in [0.717, 1.165) is 0 Å². The van der Waals surface area contributed by atoms with Crippen molar-refractivity contribution in [1.29, 1.82) is 0 Å². The van der Waals surface area contributed by atoms with Crippen molar-refractivity contribution in [3.8, 4) is 0 Å². The van der Waals surface area contributed by atoms with Crippen molar-refractivity contribution in [2.24, 2.45) is 0 Å². The Kier molecular flexibility index (Phi) is 12.6. The minimum absolute atomic E-state index is 0.836. The number of carboxylic acids is 1. The van der Waals surface area contributed by atoms with Gasteiger partial charge < -0.3 is 105 Å². The molecule has 4 fully saturated rings. The molecule has 0 amide bonds. The van der Waals surface area contributed by atoms with Gasteiger partial charge in [0, 0.05) is 0 Å². The lowest BCUT2D eigenvalue weighted by Crippen LogP contribution is -2.67. The smallest absolute Gasteiger partial charge is 0.335 e. The number of carboxylic acid groups (broad SMARTS) is 1. The average molecular weight is 681 g/mol. The third kappa shape index (κ3) is 7.31. The van der Waals surface area contributed by atoms with Crippen LogP contribution in [0.4, 0.5) is 0 Å². The van der Waals surface area contributed by atoms with Gasteiger partial charge in [0.1, 0.15) is 91.6 Å². The van der Waals surface area contributed by atoms with Crippen LogP contribution in [0, 0.1) is 0 Å². The summed E-state index contributed by atoms with van der Waals surface area (Å²) >= 11 is 0. The maximum atomic E-state index is 12.1. The Morgan fingerprint density at radius 3 is 1.35 bits per heavy atom. The topological polar surface area (TPSA) is 365 Å². The molecule has 0 spiro atoms. The van der Waals surface area contributed by atoms with Gasteiger partial charge in [-0.2, -0.15) is 0 Å². The van der Waals surface area contributed by atoms with Crippen molar-refractivity contribution in [2.75, 3.05) is 19.8 Å². The fourth-order valence-electron chi connectivity index (χ4n) is 5.51. The summed E-state index contributed by atoms with van der Waals surface area (Å²) in [6, 6.07) is 0. The van der Waals surface area contributed by atoms with E-state index in [4.69, 9.17) is 33.2 Å². The molecule has 22 nitrogen and oxygen atoms in total. The summed E-state index contributed by atoms with van der Waals surface area (Å²) in [5, 5.41) is 142. The lowest BCUT2D eigenvalue weighted by atomic mass is 9.95. The molecular weight excluding hydrogens is 640 g/mol. The number of ether oxygens (including phenoxy) is 7. The van der Waals surface area contributed by atoms with Crippen LogP contribution in [0.15, 0.2) is 0 Å². The first-order valence-corrected chi connectivity index (χ1v) is 14.1. The highest BCUT2D eigenvalue weighted by molar-refractivity contribution is 5.73. The highest BCUT2D eigenvalue weighted by Gasteiger charge is 2.56. The molecule has 4 heterocycles. The van der Waals surface area contributed by atoms with E-state index in [0.29, 0.717) is 0 Å². The minimum atomic E-state index is -2.20. The first-order chi connectivity index (χ1) is 21.7. The van der Waals surface area contributed by atoms with E-state index in [9.17, 15) is 76.3 Å². The molecule has 0 aromatic rings. The number of aliphatic hydroxyl groups is 13. The van der Waals surface area contributed by atoms with E-state index in [1.165, 1.54) is 0 Å². The van der Waals surface area contributed by atoms with E-state index in [2.05, 4.69) is 0 Å². The molecule has 0 radical (unpaired) electrons. The Hall–Kier alpha value is -1.33. The Bertz CT molecular complexity index is 986. The normalized spacial score (nSPS) is 51.9. The van der Waals surface area contributed by atoms with E-state index < -0.39 is 149 Å². The lowest BCUT2D eigenvalue weighted by Gasteiger charge is -2.48. The number of aliphatic hydroxyl groups excluding tert-OH is 13. The average Bonchev–Trinajstić information content (AvgIpc) is 3.03. The van der Waals surface area contributed by atoms with Gasteiger partial charge in [-0.3, -0.25) is 0 Å². The van der Waals surface area contributed by atoms with Gasteiger partial charge in [-0.25, -0.2) is 4.79 Å².